The molecule has 0 saturated carbocycles. The van der Waals surface area contributed by atoms with Crippen LogP contribution in [0.4, 0.5) is 20.3 Å². The standard InChI is InChI=1S/C14H10F2N4/c15-9-1-2-12(16)13(3-9)20-6-8-5-19-14(18)10(4-17)11(8)7-20/h1-3,5H,6-7H2,(H2,18,19). The van der Waals surface area contributed by atoms with Crippen LogP contribution in [-0.4, -0.2) is 4.98 Å². The van der Waals surface area contributed by atoms with Gasteiger partial charge in [-0.05, 0) is 23.3 Å². The monoisotopic (exact) mass is 272 g/mol. The number of nitrogens with zero attached hydrogens (tertiary/aromatic N) is 3. The Hall–Kier alpha value is -2.68. The van der Waals surface area contributed by atoms with E-state index >= 15 is 0 Å². The highest BCUT2D eigenvalue weighted by atomic mass is 19.1. The predicted octanol–water partition coefficient (Wildman–Crippen LogP) is 2.33. The summed E-state index contributed by atoms with van der Waals surface area (Å²) in [6, 6.07) is 5.32. The molecule has 2 aromatic rings. The number of nitrogen functional groups attached to an aromatic ring is 1. The number of hydrogen-bond donors (Lipinski definition) is 1. The van der Waals surface area contributed by atoms with Crippen molar-refractivity contribution in [3.8, 4) is 6.07 Å². The number of pyridine rings is 1. The first-order valence-electron chi connectivity index (χ1n) is 5.96. The molecule has 0 amide bonds. The smallest absolute Gasteiger partial charge is 0.146 e. The summed E-state index contributed by atoms with van der Waals surface area (Å²) in [5.74, 6) is -0.845. The molecule has 0 unspecified atom stereocenters. The maximum absolute atomic E-state index is 13.8. The number of hydrogen-bond acceptors (Lipinski definition) is 4. The fourth-order valence-corrected chi connectivity index (χ4v) is 2.40. The van der Waals surface area contributed by atoms with Crippen LogP contribution in [0, 0.1) is 23.0 Å². The van der Waals surface area contributed by atoms with Crippen molar-refractivity contribution in [1.82, 2.24) is 4.98 Å². The Morgan fingerprint density at radius 3 is 2.85 bits per heavy atom. The van der Waals surface area contributed by atoms with E-state index in [4.69, 9.17) is 11.0 Å². The molecular weight excluding hydrogens is 262 g/mol. The molecule has 0 atom stereocenters. The second-order valence-electron chi connectivity index (χ2n) is 4.59. The average Bonchev–Trinajstić information content (AvgIpc) is 2.85. The van der Waals surface area contributed by atoms with Crippen LogP contribution >= 0.6 is 0 Å². The van der Waals surface area contributed by atoms with E-state index in [9.17, 15) is 8.78 Å². The zero-order valence-corrected chi connectivity index (χ0v) is 10.4. The number of nitriles is 1. The predicted molar refractivity (Wildman–Crippen MR) is 69.6 cm³/mol. The summed E-state index contributed by atoms with van der Waals surface area (Å²) in [5, 5.41) is 9.12. The summed E-state index contributed by atoms with van der Waals surface area (Å²) in [5.41, 5.74) is 7.66. The van der Waals surface area contributed by atoms with Gasteiger partial charge in [-0.2, -0.15) is 5.26 Å². The SMILES string of the molecule is N#Cc1c(N)ncc2c1CN(c1cc(F)ccc1F)C2. The average molecular weight is 272 g/mol. The normalized spacial score (nSPS) is 13.2. The molecule has 2 heterocycles. The molecule has 0 aliphatic carbocycles. The Morgan fingerprint density at radius 2 is 2.10 bits per heavy atom. The van der Waals surface area contributed by atoms with Crippen LogP contribution in [0.1, 0.15) is 16.7 Å². The Labute approximate surface area is 114 Å². The molecule has 1 aliphatic rings. The molecule has 0 fully saturated rings. The summed E-state index contributed by atoms with van der Waals surface area (Å²) in [7, 11) is 0. The van der Waals surface area contributed by atoms with E-state index in [1.165, 1.54) is 0 Å². The van der Waals surface area contributed by atoms with E-state index < -0.39 is 11.6 Å². The van der Waals surface area contributed by atoms with Gasteiger partial charge in [0.25, 0.3) is 0 Å². The number of rotatable bonds is 1. The lowest BCUT2D eigenvalue weighted by atomic mass is 10.1. The maximum Gasteiger partial charge on any atom is 0.146 e. The third-order valence-electron chi connectivity index (χ3n) is 3.38. The third-order valence-corrected chi connectivity index (χ3v) is 3.38. The molecule has 0 saturated heterocycles. The fourth-order valence-electron chi connectivity index (χ4n) is 2.40. The first kappa shape index (κ1) is 12.4. The fraction of sp³-hybridized carbons (Fsp3) is 0.143. The highest BCUT2D eigenvalue weighted by Crippen LogP contribution is 2.33. The minimum Gasteiger partial charge on any atom is -0.383 e. The number of nitrogens with two attached hydrogens (primary N) is 1. The third kappa shape index (κ3) is 1.84. The summed E-state index contributed by atoms with van der Waals surface area (Å²) in [4.78, 5) is 5.61. The van der Waals surface area contributed by atoms with Gasteiger partial charge >= 0.3 is 0 Å². The van der Waals surface area contributed by atoms with Gasteiger partial charge in [-0.1, -0.05) is 0 Å². The van der Waals surface area contributed by atoms with Crippen molar-refractivity contribution in [3.05, 3.63) is 52.7 Å². The van der Waals surface area contributed by atoms with Crippen molar-refractivity contribution < 1.29 is 8.78 Å². The van der Waals surface area contributed by atoms with E-state index in [0.29, 0.717) is 18.7 Å². The lowest BCUT2D eigenvalue weighted by Gasteiger charge is -2.18. The quantitative estimate of drug-likeness (QED) is 0.865. The second kappa shape index (κ2) is 4.46. The molecule has 0 bridgehead atoms. The van der Waals surface area contributed by atoms with Crippen LogP contribution < -0.4 is 10.6 Å². The van der Waals surface area contributed by atoms with Gasteiger partial charge in [0.15, 0.2) is 0 Å². The Bertz CT molecular complexity index is 737. The molecule has 4 nitrogen and oxygen atoms in total. The topological polar surface area (TPSA) is 65.9 Å². The van der Waals surface area contributed by atoms with Crippen molar-refractivity contribution in [2.24, 2.45) is 0 Å². The number of benzene rings is 1. The van der Waals surface area contributed by atoms with Gasteiger partial charge in [-0.25, -0.2) is 13.8 Å². The largest absolute Gasteiger partial charge is 0.383 e. The summed E-state index contributed by atoms with van der Waals surface area (Å²) < 4.78 is 27.1. The van der Waals surface area contributed by atoms with Crippen LogP contribution in [0.15, 0.2) is 24.4 Å². The summed E-state index contributed by atoms with van der Waals surface area (Å²) in [6.07, 6.45) is 1.57. The van der Waals surface area contributed by atoms with E-state index in [1.807, 2.05) is 6.07 Å². The van der Waals surface area contributed by atoms with Crippen molar-refractivity contribution >= 4 is 11.5 Å². The zero-order chi connectivity index (χ0) is 14.3. The van der Waals surface area contributed by atoms with E-state index in [-0.39, 0.29) is 11.5 Å². The van der Waals surface area contributed by atoms with Crippen LogP contribution in [0.5, 0.6) is 0 Å². The molecule has 3 rings (SSSR count). The van der Waals surface area contributed by atoms with Gasteiger partial charge < -0.3 is 10.6 Å². The highest BCUT2D eigenvalue weighted by Gasteiger charge is 2.26. The van der Waals surface area contributed by atoms with E-state index in [0.717, 1.165) is 29.3 Å². The number of anilines is 2. The molecule has 1 aliphatic heterocycles. The molecule has 1 aromatic heterocycles. The maximum atomic E-state index is 13.8. The first-order valence-corrected chi connectivity index (χ1v) is 5.96. The lowest BCUT2D eigenvalue weighted by molar-refractivity contribution is 0.594. The number of fused-ring (bicyclic) bond motifs is 1. The van der Waals surface area contributed by atoms with Crippen LogP contribution in [0.25, 0.3) is 0 Å². The Kier molecular flexibility index (Phi) is 2.75. The zero-order valence-electron chi connectivity index (χ0n) is 10.4. The van der Waals surface area contributed by atoms with Crippen molar-refractivity contribution in [3.63, 3.8) is 0 Å². The molecule has 100 valence electrons. The van der Waals surface area contributed by atoms with Gasteiger partial charge in [0.2, 0.25) is 0 Å². The minimum absolute atomic E-state index is 0.160. The summed E-state index contributed by atoms with van der Waals surface area (Å²) >= 11 is 0. The minimum atomic E-state index is -0.504. The Morgan fingerprint density at radius 1 is 1.30 bits per heavy atom. The van der Waals surface area contributed by atoms with Crippen molar-refractivity contribution in [2.75, 3.05) is 10.6 Å². The number of halogens is 2. The summed E-state index contributed by atoms with van der Waals surface area (Å²) in [6.45, 7) is 0.684. The van der Waals surface area contributed by atoms with Crippen molar-refractivity contribution in [1.29, 1.82) is 5.26 Å². The van der Waals surface area contributed by atoms with Gasteiger partial charge in [0.05, 0.1) is 11.3 Å². The first-order chi connectivity index (χ1) is 9.60. The molecular formula is C14H10F2N4. The van der Waals surface area contributed by atoms with Crippen LogP contribution in [0.2, 0.25) is 0 Å². The van der Waals surface area contributed by atoms with Gasteiger partial charge in [0, 0.05) is 25.4 Å². The van der Waals surface area contributed by atoms with Gasteiger partial charge in [-0.3, -0.25) is 0 Å². The van der Waals surface area contributed by atoms with E-state index in [1.54, 1.807) is 11.1 Å². The molecule has 0 spiro atoms. The van der Waals surface area contributed by atoms with Crippen molar-refractivity contribution in [2.45, 2.75) is 13.1 Å². The van der Waals surface area contributed by atoms with Gasteiger partial charge in [0.1, 0.15) is 23.5 Å². The second-order valence-corrected chi connectivity index (χ2v) is 4.59. The van der Waals surface area contributed by atoms with E-state index in [2.05, 4.69) is 4.98 Å². The highest BCUT2D eigenvalue weighted by molar-refractivity contribution is 5.61. The van der Waals surface area contributed by atoms with Crippen LogP contribution in [0.3, 0.4) is 0 Å². The molecule has 0 radical (unpaired) electrons. The molecule has 1 aromatic carbocycles. The molecule has 2 N–H and O–H groups in total. The van der Waals surface area contributed by atoms with Crippen LogP contribution in [-0.2, 0) is 13.1 Å². The lowest BCUT2D eigenvalue weighted by Crippen LogP contribution is -2.16. The van der Waals surface area contributed by atoms with Gasteiger partial charge in [-0.15, -0.1) is 0 Å². The Balaban J connectivity index is 2.03. The molecule has 6 heteroatoms. The number of aromatic nitrogens is 1. The molecule has 20 heavy (non-hydrogen) atoms.